The van der Waals surface area contributed by atoms with E-state index < -0.39 is 11.8 Å². The van der Waals surface area contributed by atoms with Crippen molar-refractivity contribution < 1.29 is 14.7 Å². The van der Waals surface area contributed by atoms with E-state index in [1.807, 2.05) is 0 Å². The molecule has 2 aromatic rings. The van der Waals surface area contributed by atoms with Crippen LogP contribution >= 0.6 is 0 Å². The number of hydrogen-bond acceptors (Lipinski definition) is 6. The summed E-state index contributed by atoms with van der Waals surface area (Å²) in [6.07, 6.45) is 1.22. The first-order valence-electron chi connectivity index (χ1n) is 6.35. The number of nitrogens with zero attached hydrogens (tertiary/aromatic N) is 4. The fourth-order valence-corrected chi connectivity index (χ4v) is 2.17. The summed E-state index contributed by atoms with van der Waals surface area (Å²) in [6, 6.07) is 5.28. The molecule has 0 aliphatic carbocycles. The lowest BCUT2D eigenvalue weighted by atomic mass is 10.2. The molecule has 0 saturated carbocycles. The molecule has 0 unspecified atom stereocenters. The molecule has 1 aromatic carbocycles. The maximum atomic E-state index is 12.0. The maximum Gasteiger partial charge on any atom is 0.277 e. The van der Waals surface area contributed by atoms with Gasteiger partial charge < -0.3 is 10.4 Å². The quantitative estimate of drug-likeness (QED) is 0.744. The Morgan fingerprint density at radius 3 is 2.76 bits per heavy atom. The van der Waals surface area contributed by atoms with E-state index in [2.05, 4.69) is 15.5 Å². The fourth-order valence-electron chi connectivity index (χ4n) is 2.17. The smallest absolute Gasteiger partial charge is 0.277 e. The molecule has 2 N–H and O–H groups in total. The molecule has 0 saturated heterocycles. The summed E-state index contributed by atoms with van der Waals surface area (Å²) in [5.74, 6) is -0.884. The number of rotatable bonds is 4. The van der Waals surface area contributed by atoms with E-state index >= 15 is 0 Å². The summed E-state index contributed by atoms with van der Waals surface area (Å²) in [6.45, 7) is -0.271. The molecular weight excluding hydrogens is 274 g/mol. The number of carbonyl (C=O) groups excluding carboxylic acids is 2. The minimum atomic E-state index is -0.451. The van der Waals surface area contributed by atoms with E-state index in [-0.39, 0.29) is 18.8 Å². The van der Waals surface area contributed by atoms with Crippen LogP contribution in [-0.2, 0) is 16.6 Å². The number of hydrogen-bond donors (Lipinski definition) is 2. The van der Waals surface area contributed by atoms with Gasteiger partial charge in [-0.2, -0.15) is 15.0 Å². The highest BCUT2D eigenvalue weighted by Crippen LogP contribution is 2.20. The molecule has 0 radical (unpaired) electrons. The number of aliphatic hydroxyl groups is 1. The van der Waals surface area contributed by atoms with Crippen molar-refractivity contribution in [2.24, 2.45) is 7.05 Å². The molecule has 3 rings (SSSR count). The third-order valence-electron chi connectivity index (χ3n) is 3.09. The van der Waals surface area contributed by atoms with Crippen LogP contribution in [-0.4, -0.2) is 50.0 Å². The second kappa shape index (κ2) is 4.98. The number of β-amino-alcohol motifs (C(OH)–C–C–N with tert-alkyl or cyclic N) is 1. The van der Waals surface area contributed by atoms with Crippen LogP contribution in [0.25, 0.3) is 11.0 Å². The number of benzene rings is 1. The molecule has 8 nitrogen and oxygen atoms in total. The maximum absolute atomic E-state index is 12.0. The van der Waals surface area contributed by atoms with E-state index in [4.69, 9.17) is 5.11 Å². The normalized spacial score (nSPS) is 15.0. The zero-order chi connectivity index (χ0) is 15.0. The van der Waals surface area contributed by atoms with E-state index in [1.165, 1.54) is 10.9 Å². The molecule has 2 heterocycles. The van der Waals surface area contributed by atoms with Gasteiger partial charge in [0.15, 0.2) is 0 Å². The summed E-state index contributed by atoms with van der Waals surface area (Å²) in [5, 5.41) is 20.1. The Morgan fingerprint density at radius 2 is 2.00 bits per heavy atom. The summed E-state index contributed by atoms with van der Waals surface area (Å²) >= 11 is 0. The third kappa shape index (κ3) is 2.36. The Kier molecular flexibility index (Phi) is 3.15. The first-order valence-corrected chi connectivity index (χ1v) is 6.35. The van der Waals surface area contributed by atoms with Crippen molar-refractivity contribution in [1.29, 1.82) is 0 Å². The predicted molar refractivity (Wildman–Crippen MR) is 74.0 cm³/mol. The lowest BCUT2D eigenvalue weighted by Crippen LogP contribution is -2.34. The Bertz CT molecular complexity index is 764. The summed E-state index contributed by atoms with van der Waals surface area (Å²) in [7, 11) is 1.72. The molecule has 1 aliphatic heterocycles. The van der Waals surface area contributed by atoms with Crippen LogP contribution < -0.4 is 5.32 Å². The summed E-state index contributed by atoms with van der Waals surface area (Å²) in [5.41, 5.74) is 2.25. The van der Waals surface area contributed by atoms with E-state index in [1.54, 1.807) is 25.2 Å². The number of amides is 2. The molecule has 1 aliphatic rings. The van der Waals surface area contributed by atoms with Gasteiger partial charge in [0, 0.05) is 18.8 Å². The summed E-state index contributed by atoms with van der Waals surface area (Å²) in [4.78, 5) is 26.1. The molecule has 0 atom stereocenters. The zero-order valence-corrected chi connectivity index (χ0v) is 11.3. The van der Waals surface area contributed by atoms with Crippen molar-refractivity contribution in [1.82, 2.24) is 19.9 Å². The van der Waals surface area contributed by atoms with Gasteiger partial charge in [-0.25, -0.2) is 0 Å². The van der Waals surface area contributed by atoms with Crippen LogP contribution in [0.1, 0.15) is 0 Å². The molecule has 0 bridgehead atoms. The van der Waals surface area contributed by atoms with Crippen LogP contribution in [0.15, 0.2) is 30.0 Å². The highest BCUT2D eigenvalue weighted by Gasteiger charge is 2.30. The number of fused-ring (bicyclic) bond motifs is 1. The fraction of sp³-hybridized carbons (Fsp3) is 0.231. The molecule has 8 heteroatoms. The van der Waals surface area contributed by atoms with Gasteiger partial charge in [-0.15, -0.1) is 0 Å². The van der Waals surface area contributed by atoms with Gasteiger partial charge >= 0.3 is 0 Å². The van der Waals surface area contributed by atoms with E-state index in [0.717, 1.165) is 10.4 Å². The van der Waals surface area contributed by atoms with Gasteiger partial charge in [0.25, 0.3) is 11.8 Å². The van der Waals surface area contributed by atoms with Gasteiger partial charge in [0.05, 0.1) is 13.2 Å². The Labute approximate surface area is 119 Å². The topological polar surface area (TPSA) is 100 Å². The average Bonchev–Trinajstić information content (AvgIpc) is 2.93. The number of carbonyl (C=O) groups is 2. The lowest BCUT2D eigenvalue weighted by Gasteiger charge is -2.13. The minimum absolute atomic E-state index is 0.0114. The number of nitrogens with one attached hydrogen (secondary N) is 1. The van der Waals surface area contributed by atoms with Crippen molar-refractivity contribution in [3.8, 4) is 0 Å². The average molecular weight is 287 g/mol. The molecule has 21 heavy (non-hydrogen) atoms. The standard InChI is InChI=1S/C13H13N5O3/c1-17-15-9-3-2-8(6-10(9)16-17)14-11-7-12(20)18(4-5-19)13(11)21/h2-3,6-7,14,19H,4-5H2,1H3. The second-order valence-corrected chi connectivity index (χ2v) is 4.59. The van der Waals surface area contributed by atoms with Gasteiger partial charge in [0.1, 0.15) is 16.7 Å². The SMILES string of the molecule is Cn1nc2ccc(NC3=CC(=O)N(CCO)C3=O)cc2n1. The Balaban J connectivity index is 1.83. The summed E-state index contributed by atoms with van der Waals surface area (Å²) < 4.78 is 0. The van der Waals surface area contributed by atoms with E-state index in [0.29, 0.717) is 11.2 Å². The third-order valence-corrected chi connectivity index (χ3v) is 3.09. The van der Waals surface area contributed by atoms with Gasteiger partial charge in [0.2, 0.25) is 0 Å². The van der Waals surface area contributed by atoms with Crippen LogP contribution in [0.3, 0.4) is 0 Å². The van der Waals surface area contributed by atoms with Crippen molar-refractivity contribution in [3.63, 3.8) is 0 Å². The van der Waals surface area contributed by atoms with Crippen molar-refractivity contribution in [2.75, 3.05) is 18.5 Å². The first-order chi connectivity index (χ1) is 10.1. The first kappa shape index (κ1) is 13.3. The number of aromatic nitrogens is 3. The van der Waals surface area contributed by atoms with Crippen LogP contribution in [0.4, 0.5) is 5.69 Å². The Hall–Kier alpha value is -2.74. The molecule has 0 fully saturated rings. The minimum Gasteiger partial charge on any atom is -0.395 e. The van der Waals surface area contributed by atoms with Gasteiger partial charge in [-0.3, -0.25) is 14.5 Å². The highest BCUT2D eigenvalue weighted by atomic mass is 16.3. The van der Waals surface area contributed by atoms with Crippen LogP contribution in [0, 0.1) is 0 Å². The van der Waals surface area contributed by atoms with Gasteiger partial charge in [-0.1, -0.05) is 0 Å². The largest absolute Gasteiger partial charge is 0.395 e. The lowest BCUT2D eigenvalue weighted by molar-refractivity contribution is -0.137. The number of aliphatic hydroxyl groups excluding tert-OH is 1. The number of imide groups is 1. The Morgan fingerprint density at radius 1 is 1.24 bits per heavy atom. The molecule has 1 aromatic heterocycles. The van der Waals surface area contributed by atoms with Crippen molar-refractivity contribution >= 4 is 28.5 Å². The molecular formula is C13H13N5O3. The van der Waals surface area contributed by atoms with Crippen molar-refractivity contribution in [3.05, 3.63) is 30.0 Å². The highest BCUT2D eigenvalue weighted by molar-refractivity contribution is 6.17. The number of aryl methyl sites for hydroxylation is 1. The zero-order valence-electron chi connectivity index (χ0n) is 11.3. The predicted octanol–water partition coefficient (Wildman–Crippen LogP) is -0.375. The monoisotopic (exact) mass is 287 g/mol. The molecule has 2 amide bonds. The molecule has 108 valence electrons. The van der Waals surface area contributed by atoms with Gasteiger partial charge in [-0.05, 0) is 18.2 Å². The molecule has 0 spiro atoms. The van der Waals surface area contributed by atoms with Crippen LogP contribution in [0.5, 0.6) is 0 Å². The number of anilines is 1. The van der Waals surface area contributed by atoms with Crippen molar-refractivity contribution in [2.45, 2.75) is 0 Å². The van der Waals surface area contributed by atoms with E-state index in [9.17, 15) is 9.59 Å². The second-order valence-electron chi connectivity index (χ2n) is 4.59. The van der Waals surface area contributed by atoms with Crippen LogP contribution in [0.2, 0.25) is 0 Å².